The van der Waals surface area contributed by atoms with Crippen molar-refractivity contribution in [3.8, 4) is 6.07 Å². The monoisotopic (exact) mass is 640 g/mol. The smallest absolute Gasteiger partial charge is 0.316 e. The summed E-state index contributed by atoms with van der Waals surface area (Å²) in [6.45, 7) is 9.31. The van der Waals surface area contributed by atoms with Crippen molar-refractivity contribution < 1.29 is 19.7 Å². The molecule has 0 spiro atoms. The zero-order valence-corrected chi connectivity index (χ0v) is 28.9. The first kappa shape index (κ1) is 38.0. The third kappa shape index (κ3) is 9.76. The highest BCUT2D eigenvalue weighted by Crippen LogP contribution is 2.39. The maximum Gasteiger partial charge on any atom is 0.316 e. The lowest BCUT2D eigenvalue weighted by Crippen LogP contribution is -2.49. The minimum atomic E-state index is -0.713. The molecule has 0 bridgehead atoms. The van der Waals surface area contributed by atoms with Crippen LogP contribution in [0.5, 0.6) is 0 Å². The number of likely N-dealkylation sites (tertiary alicyclic amines) is 1. The number of carbonyl (C=O) groups excluding carboxylic acids is 1. The van der Waals surface area contributed by atoms with Gasteiger partial charge in [-0.3, -0.25) is 4.79 Å². The van der Waals surface area contributed by atoms with Crippen molar-refractivity contribution in [2.75, 3.05) is 39.5 Å². The summed E-state index contributed by atoms with van der Waals surface area (Å²) >= 11 is 0. The molecule has 1 aliphatic heterocycles. The first-order chi connectivity index (χ1) is 22.9. The second kappa shape index (κ2) is 19.4. The van der Waals surface area contributed by atoms with Gasteiger partial charge in [-0.2, -0.15) is 5.26 Å². The predicted molar refractivity (Wildman–Crippen MR) is 190 cm³/mol. The first-order valence-electron chi connectivity index (χ1n) is 17.6. The lowest BCUT2D eigenvalue weighted by Gasteiger charge is -2.41. The molecule has 3 aromatic carbocycles. The molecule has 6 heteroatoms. The van der Waals surface area contributed by atoms with E-state index in [-0.39, 0.29) is 24.6 Å². The lowest BCUT2D eigenvalue weighted by atomic mass is 9.71. The van der Waals surface area contributed by atoms with E-state index in [9.17, 15) is 10.1 Å². The minimum absolute atomic E-state index is 0.0956. The van der Waals surface area contributed by atoms with Gasteiger partial charge in [0, 0.05) is 12.0 Å². The minimum Gasteiger partial charge on any atom is -0.465 e. The molecule has 0 aromatic heterocycles. The Hall–Kier alpha value is -3.50. The van der Waals surface area contributed by atoms with Gasteiger partial charge in [-0.15, -0.1) is 0 Å². The van der Waals surface area contributed by atoms with E-state index < -0.39 is 10.8 Å². The van der Waals surface area contributed by atoms with Gasteiger partial charge in [0.2, 0.25) is 0 Å². The van der Waals surface area contributed by atoms with Crippen molar-refractivity contribution in [1.82, 2.24) is 4.90 Å². The van der Waals surface area contributed by atoms with Crippen LogP contribution in [0.25, 0.3) is 0 Å². The fourth-order valence-electron chi connectivity index (χ4n) is 6.55. The Bertz CT molecular complexity index is 1280. The van der Waals surface area contributed by atoms with E-state index in [1.54, 1.807) is 0 Å². The Kier molecular flexibility index (Phi) is 15.6. The maximum atomic E-state index is 13.4. The zero-order chi connectivity index (χ0) is 34.0. The van der Waals surface area contributed by atoms with Crippen molar-refractivity contribution in [1.29, 1.82) is 5.26 Å². The molecule has 1 aliphatic rings. The molecule has 0 aliphatic carbocycles. The Morgan fingerprint density at radius 2 is 1.32 bits per heavy atom. The average Bonchev–Trinajstić information content (AvgIpc) is 3.15. The molecule has 6 nitrogen and oxygen atoms in total. The summed E-state index contributed by atoms with van der Waals surface area (Å²) in [5.41, 5.74) is 1.57. The van der Waals surface area contributed by atoms with Crippen LogP contribution in [-0.4, -0.2) is 60.5 Å². The van der Waals surface area contributed by atoms with Crippen molar-refractivity contribution >= 4 is 5.97 Å². The zero-order valence-electron chi connectivity index (χ0n) is 28.9. The molecule has 1 fully saturated rings. The number of nitrogens with zero attached hydrogens (tertiary/aromatic N) is 2. The fourth-order valence-corrected chi connectivity index (χ4v) is 6.55. The second-order valence-corrected chi connectivity index (χ2v) is 13.1. The number of ether oxygens (including phenoxy) is 1. The van der Waals surface area contributed by atoms with Gasteiger partial charge in [0.25, 0.3) is 0 Å². The normalized spacial score (nSPS) is 14.8. The number of aliphatic hydroxyl groups excluding tert-OH is 2. The van der Waals surface area contributed by atoms with E-state index >= 15 is 0 Å². The van der Waals surface area contributed by atoms with E-state index in [0.717, 1.165) is 87.7 Å². The van der Waals surface area contributed by atoms with Gasteiger partial charge in [-0.25, -0.2) is 0 Å². The number of hydrogen-bond acceptors (Lipinski definition) is 6. The molecule has 0 radical (unpaired) electrons. The Balaban J connectivity index is 0.000000468. The van der Waals surface area contributed by atoms with Crippen LogP contribution < -0.4 is 0 Å². The Morgan fingerprint density at radius 1 is 0.809 bits per heavy atom. The topological polar surface area (TPSA) is 93.8 Å². The number of unbranched alkanes of at least 4 members (excludes halogenated alkanes) is 2. The van der Waals surface area contributed by atoms with Crippen LogP contribution in [0.15, 0.2) is 91.0 Å². The van der Waals surface area contributed by atoms with Crippen molar-refractivity contribution in [3.63, 3.8) is 0 Å². The summed E-state index contributed by atoms with van der Waals surface area (Å²) in [7, 11) is 0. The van der Waals surface area contributed by atoms with Gasteiger partial charge < -0.3 is 19.8 Å². The average molecular weight is 641 g/mol. The molecule has 254 valence electrons. The number of piperidine rings is 1. The number of esters is 1. The van der Waals surface area contributed by atoms with Gasteiger partial charge in [0.1, 0.15) is 5.41 Å². The Labute approximate surface area is 283 Å². The fraction of sp³-hybridized carbons (Fsp3) is 0.512. The van der Waals surface area contributed by atoms with E-state index in [4.69, 9.17) is 14.9 Å². The molecule has 1 heterocycles. The summed E-state index contributed by atoms with van der Waals surface area (Å²) in [6, 6.07) is 33.0. The second-order valence-electron chi connectivity index (χ2n) is 13.1. The van der Waals surface area contributed by atoms with Crippen LogP contribution in [0, 0.1) is 16.7 Å². The van der Waals surface area contributed by atoms with Gasteiger partial charge in [-0.05, 0) is 68.3 Å². The molecule has 3 aromatic rings. The molecule has 0 atom stereocenters. The molecular formula is C41H56N2O4. The largest absolute Gasteiger partial charge is 0.465 e. The highest BCUT2D eigenvalue weighted by Gasteiger charge is 2.45. The third-order valence-electron chi connectivity index (χ3n) is 10.2. The molecule has 1 saturated heterocycles. The summed E-state index contributed by atoms with van der Waals surface area (Å²) in [4.78, 5) is 15.8. The standard InChI is InChI=1S/C32H36N2O2.C9H20O2/c1-2-3-25-36-30(35)31(27-13-7-4-8-14-27)19-22-34(23-20-31)24-21-32(26-33,28-15-9-5-10-16-28)29-17-11-6-12-18-29;1-3-5-6-9(4-2,7-10)8-11/h4-18H,2-3,19-25H2,1H3;10-11H,3-8H2,1-2H3. The van der Waals surface area contributed by atoms with Crippen LogP contribution in [-0.2, 0) is 20.4 Å². The summed E-state index contributed by atoms with van der Waals surface area (Å²) in [5.74, 6) is -0.0956. The van der Waals surface area contributed by atoms with Crippen molar-refractivity contribution in [2.24, 2.45) is 5.41 Å². The summed E-state index contributed by atoms with van der Waals surface area (Å²) in [6.07, 6.45) is 8.04. The molecule has 0 unspecified atom stereocenters. The van der Waals surface area contributed by atoms with Crippen LogP contribution in [0.1, 0.15) is 95.2 Å². The summed E-state index contributed by atoms with van der Waals surface area (Å²) < 4.78 is 5.76. The van der Waals surface area contributed by atoms with Gasteiger partial charge in [-0.1, -0.05) is 131 Å². The van der Waals surface area contributed by atoms with Crippen molar-refractivity contribution in [3.05, 3.63) is 108 Å². The van der Waals surface area contributed by atoms with Crippen LogP contribution in [0.2, 0.25) is 0 Å². The van der Waals surface area contributed by atoms with Crippen molar-refractivity contribution in [2.45, 2.75) is 89.4 Å². The highest BCUT2D eigenvalue weighted by molar-refractivity contribution is 5.83. The van der Waals surface area contributed by atoms with E-state index in [2.05, 4.69) is 61.2 Å². The summed E-state index contributed by atoms with van der Waals surface area (Å²) in [5, 5.41) is 28.6. The molecule has 0 saturated carbocycles. The molecule has 47 heavy (non-hydrogen) atoms. The van der Waals surface area contributed by atoms with E-state index in [0.29, 0.717) is 13.0 Å². The number of carbonyl (C=O) groups is 1. The lowest BCUT2D eigenvalue weighted by molar-refractivity contribution is -0.153. The van der Waals surface area contributed by atoms with Gasteiger partial charge in [0.05, 0.1) is 31.3 Å². The number of rotatable bonds is 16. The number of nitriles is 1. The highest BCUT2D eigenvalue weighted by atomic mass is 16.5. The van der Waals surface area contributed by atoms with Gasteiger partial charge in [0.15, 0.2) is 0 Å². The molecule has 2 N–H and O–H groups in total. The SMILES string of the molecule is CCCCC(CC)(CO)CO.CCCCOC(=O)C1(c2ccccc2)CCN(CCC(C#N)(c2ccccc2)c2ccccc2)CC1. The van der Waals surface area contributed by atoms with E-state index in [1.165, 1.54) is 0 Å². The maximum absolute atomic E-state index is 13.4. The van der Waals surface area contributed by atoms with Crippen LogP contribution in [0.3, 0.4) is 0 Å². The number of benzene rings is 3. The molecule has 4 rings (SSSR count). The number of hydrogen-bond donors (Lipinski definition) is 2. The molecular weight excluding hydrogens is 584 g/mol. The molecule has 0 amide bonds. The Morgan fingerprint density at radius 3 is 1.77 bits per heavy atom. The third-order valence-corrected chi connectivity index (χ3v) is 10.2. The number of aliphatic hydroxyl groups is 2. The van der Waals surface area contributed by atoms with E-state index in [1.807, 2.05) is 61.5 Å². The van der Waals surface area contributed by atoms with Crippen LogP contribution in [0.4, 0.5) is 0 Å². The quantitative estimate of drug-likeness (QED) is 0.123. The van der Waals surface area contributed by atoms with Crippen LogP contribution >= 0.6 is 0 Å². The predicted octanol–water partition coefficient (Wildman–Crippen LogP) is 7.82. The first-order valence-corrected chi connectivity index (χ1v) is 17.6. The van der Waals surface area contributed by atoms with Gasteiger partial charge >= 0.3 is 5.97 Å².